The minimum absolute atomic E-state index is 0.0220. The molecule has 0 saturated heterocycles. The van der Waals surface area contributed by atoms with Crippen LogP contribution in [0.1, 0.15) is 17.5 Å². The van der Waals surface area contributed by atoms with E-state index in [1.54, 1.807) is 19.1 Å². The number of aromatic hydroxyl groups is 1. The van der Waals surface area contributed by atoms with Crippen LogP contribution in [0.15, 0.2) is 41.8 Å². The lowest BCUT2D eigenvalue weighted by molar-refractivity contribution is -0.386. The second-order valence-electron chi connectivity index (χ2n) is 5.79. The van der Waals surface area contributed by atoms with Crippen molar-refractivity contribution in [1.29, 1.82) is 5.26 Å². The van der Waals surface area contributed by atoms with E-state index in [1.807, 2.05) is 17.5 Å². The molecule has 0 aliphatic carbocycles. The molecule has 3 aromatic rings. The van der Waals surface area contributed by atoms with Gasteiger partial charge in [0.25, 0.3) is 0 Å². The van der Waals surface area contributed by atoms with Gasteiger partial charge in [-0.25, -0.2) is 4.98 Å². The molecule has 29 heavy (non-hydrogen) atoms. The van der Waals surface area contributed by atoms with Crippen LogP contribution in [0.4, 0.5) is 5.69 Å². The second kappa shape index (κ2) is 8.73. The molecule has 7 nitrogen and oxygen atoms in total. The number of ether oxygens (including phenoxy) is 1. The van der Waals surface area contributed by atoms with Gasteiger partial charge in [0.15, 0.2) is 5.75 Å². The number of benzene rings is 2. The number of nitrogens with zero attached hydrogens (tertiary/aromatic N) is 3. The van der Waals surface area contributed by atoms with Gasteiger partial charge < -0.3 is 9.84 Å². The fourth-order valence-corrected chi connectivity index (χ4v) is 3.48. The quantitative estimate of drug-likeness (QED) is 0.314. The molecular weight excluding hydrogens is 414 g/mol. The van der Waals surface area contributed by atoms with Gasteiger partial charge in [-0.2, -0.15) is 5.26 Å². The van der Waals surface area contributed by atoms with Crippen molar-refractivity contribution in [2.45, 2.75) is 6.92 Å². The van der Waals surface area contributed by atoms with Crippen LogP contribution in [0, 0.1) is 21.4 Å². The molecule has 0 fully saturated rings. The maximum absolute atomic E-state index is 11.2. The molecule has 1 heterocycles. The van der Waals surface area contributed by atoms with Crippen molar-refractivity contribution in [3.63, 3.8) is 0 Å². The minimum Gasteiger partial charge on any atom is -0.500 e. The Bertz CT molecular complexity index is 1130. The van der Waals surface area contributed by atoms with Crippen molar-refractivity contribution in [3.8, 4) is 28.8 Å². The monoisotopic (exact) mass is 427 g/mol. The number of hydrogen-bond acceptors (Lipinski definition) is 7. The van der Waals surface area contributed by atoms with Gasteiger partial charge in [-0.05, 0) is 36.8 Å². The normalized spacial score (nSPS) is 11.1. The summed E-state index contributed by atoms with van der Waals surface area (Å²) in [6.07, 6.45) is 1.47. The summed E-state index contributed by atoms with van der Waals surface area (Å²) in [7, 11) is 0. The van der Waals surface area contributed by atoms with Gasteiger partial charge >= 0.3 is 5.69 Å². The number of thiazole rings is 1. The Hall–Kier alpha value is -3.41. The van der Waals surface area contributed by atoms with Crippen LogP contribution >= 0.6 is 22.9 Å². The van der Waals surface area contributed by atoms with Gasteiger partial charge in [-0.3, -0.25) is 10.1 Å². The van der Waals surface area contributed by atoms with E-state index in [1.165, 1.54) is 29.5 Å². The predicted octanol–water partition coefficient (Wildman–Crippen LogP) is 5.54. The highest BCUT2D eigenvalue weighted by atomic mass is 35.5. The average molecular weight is 428 g/mol. The molecule has 9 heteroatoms. The van der Waals surface area contributed by atoms with Crippen molar-refractivity contribution in [3.05, 3.63) is 67.5 Å². The fourth-order valence-electron chi connectivity index (χ4n) is 2.56. The van der Waals surface area contributed by atoms with E-state index in [2.05, 4.69) is 11.1 Å². The maximum atomic E-state index is 11.2. The number of nitro benzene ring substituents is 1. The standard InChI is InChI=1S/C20H14ClN3O4S/c1-2-28-18-9-12(8-17(19(18)25)24(26)27)7-14(10-22)20-23-16(11-29-20)13-3-5-15(21)6-4-13/h3-9,11,25H,2H2,1H3/b14-7-. The zero-order valence-electron chi connectivity index (χ0n) is 15.1. The van der Waals surface area contributed by atoms with Gasteiger partial charge in [0, 0.05) is 22.0 Å². The van der Waals surface area contributed by atoms with Crippen LogP contribution in [-0.4, -0.2) is 21.6 Å². The molecule has 0 radical (unpaired) electrons. The highest BCUT2D eigenvalue weighted by Crippen LogP contribution is 2.38. The number of rotatable bonds is 6. The van der Waals surface area contributed by atoms with Gasteiger partial charge in [0.05, 0.1) is 22.8 Å². The summed E-state index contributed by atoms with van der Waals surface area (Å²) in [5.41, 5.74) is 1.62. The van der Waals surface area contributed by atoms with Gasteiger partial charge in [0.2, 0.25) is 5.75 Å². The summed E-state index contributed by atoms with van der Waals surface area (Å²) in [4.78, 5) is 15.0. The van der Waals surface area contributed by atoms with Crippen LogP contribution in [0.3, 0.4) is 0 Å². The first-order chi connectivity index (χ1) is 13.9. The summed E-state index contributed by atoms with van der Waals surface area (Å²) >= 11 is 7.18. The first-order valence-electron chi connectivity index (χ1n) is 8.40. The van der Waals surface area contributed by atoms with Crippen molar-refractivity contribution in [2.24, 2.45) is 0 Å². The number of nitriles is 1. The van der Waals surface area contributed by atoms with Crippen molar-refractivity contribution in [1.82, 2.24) is 4.98 Å². The van der Waals surface area contributed by atoms with Crippen molar-refractivity contribution in [2.75, 3.05) is 6.61 Å². The molecule has 0 aliphatic heterocycles. The van der Waals surface area contributed by atoms with E-state index in [4.69, 9.17) is 16.3 Å². The highest BCUT2D eigenvalue weighted by Gasteiger charge is 2.20. The summed E-state index contributed by atoms with van der Waals surface area (Å²) in [6, 6.07) is 11.9. The van der Waals surface area contributed by atoms with E-state index in [9.17, 15) is 20.5 Å². The lowest BCUT2D eigenvalue weighted by atomic mass is 10.1. The third-order valence-electron chi connectivity index (χ3n) is 3.88. The van der Waals surface area contributed by atoms with Crippen LogP contribution in [-0.2, 0) is 0 Å². The third-order valence-corrected chi connectivity index (χ3v) is 5.01. The number of allylic oxidation sites excluding steroid dienone is 1. The average Bonchev–Trinajstić information content (AvgIpc) is 3.18. The Morgan fingerprint density at radius 3 is 2.76 bits per heavy atom. The number of phenols is 1. The molecule has 146 valence electrons. The molecule has 0 spiro atoms. The molecule has 0 unspecified atom stereocenters. The molecule has 0 bridgehead atoms. The van der Waals surface area contributed by atoms with E-state index >= 15 is 0 Å². The SMILES string of the molecule is CCOc1cc(/C=C(/C#N)c2nc(-c3ccc(Cl)cc3)cs2)cc([N+](=O)[O-])c1O. The lowest BCUT2D eigenvalue weighted by Gasteiger charge is -2.07. The zero-order valence-corrected chi connectivity index (χ0v) is 16.7. The third kappa shape index (κ3) is 4.54. The van der Waals surface area contributed by atoms with E-state index in [-0.39, 0.29) is 17.9 Å². The smallest absolute Gasteiger partial charge is 0.315 e. The lowest BCUT2D eigenvalue weighted by Crippen LogP contribution is -1.96. The summed E-state index contributed by atoms with van der Waals surface area (Å²) in [5, 5.41) is 33.7. The molecule has 0 saturated carbocycles. The van der Waals surface area contributed by atoms with E-state index in [0.29, 0.717) is 21.3 Å². The predicted molar refractivity (Wildman–Crippen MR) is 112 cm³/mol. The highest BCUT2D eigenvalue weighted by molar-refractivity contribution is 7.11. The number of phenolic OH excluding ortho intramolecular Hbond substituents is 1. The topological polar surface area (TPSA) is 109 Å². The molecule has 0 aliphatic rings. The molecular formula is C20H14ClN3O4S. The van der Waals surface area contributed by atoms with Gasteiger partial charge in [0.1, 0.15) is 11.1 Å². The molecule has 0 atom stereocenters. The van der Waals surface area contributed by atoms with Crippen LogP contribution in [0.5, 0.6) is 11.5 Å². The Morgan fingerprint density at radius 2 is 2.14 bits per heavy atom. The summed E-state index contributed by atoms with van der Waals surface area (Å²) in [5.74, 6) is -0.571. The van der Waals surface area contributed by atoms with Crippen LogP contribution in [0.25, 0.3) is 22.9 Å². The van der Waals surface area contributed by atoms with Crippen LogP contribution in [0.2, 0.25) is 5.02 Å². The number of nitro groups is 1. The zero-order chi connectivity index (χ0) is 21.0. The second-order valence-corrected chi connectivity index (χ2v) is 7.09. The molecule has 1 N–H and O–H groups in total. The van der Waals surface area contributed by atoms with Gasteiger partial charge in [-0.1, -0.05) is 23.7 Å². The maximum Gasteiger partial charge on any atom is 0.315 e. The summed E-state index contributed by atoms with van der Waals surface area (Å²) < 4.78 is 5.27. The first kappa shape index (κ1) is 20.3. The van der Waals surface area contributed by atoms with Crippen molar-refractivity contribution < 1.29 is 14.8 Å². The summed E-state index contributed by atoms with van der Waals surface area (Å²) in [6.45, 7) is 1.92. The Labute approximate surface area is 175 Å². The largest absolute Gasteiger partial charge is 0.500 e. The Morgan fingerprint density at radius 1 is 1.41 bits per heavy atom. The molecule has 0 amide bonds. The minimum atomic E-state index is -0.705. The molecule has 3 rings (SSSR count). The fraction of sp³-hybridized carbons (Fsp3) is 0.100. The van der Waals surface area contributed by atoms with Crippen LogP contribution < -0.4 is 4.74 Å². The van der Waals surface area contributed by atoms with E-state index < -0.39 is 16.4 Å². The molecule has 1 aromatic heterocycles. The molecule has 2 aromatic carbocycles. The number of aromatic nitrogens is 1. The van der Waals surface area contributed by atoms with Crippen molar-refractivity contribution >= 4 is 40.3 Å². The van der Waals surface area contributed by atoms with Gasteiger partial charge in [-0.15, -0.1) is 11.3 Å². The Kier molecular flexibility index (Phi) is 6.12. The number of halogens is 1. The van der Waals surface area contributed by atoms with E-state index in [0.717, 1.165) is 5.56 Å². The Balaban J connectivity index is 2.01. The number of hydrogen-bond donors (Lipinski definition) is 1. The first-order valence-corrected chi connectivity index (χ1v) is 9.66.